The number of nitrogens with one attached hydrogen (secondary N) is 1. The first-order valence-corrected chi connectivity index (χ1v) is 7.54. The maximum atomic E-state index is 11.5. The van der Waals surface area contributed by atoms with E-state index in [1.54, 1.807) is 17.8 Å². The average molecular weight is 302 g/mol. The van der Waals surface area contributed by atoms with Crippen LogP contribution in [-0.4, -0.2) is 15.9 Å². The van der Waals surface area contributed by atoms with Gasteiger partial charge in [-0.15, -0.1) is 0 Å². The number of rotatable bonds is 4. The highest BCUT2D eigenvalue weighted by molar-refractivity contribution is 7.98. The summed E-state index contributed by atoms with van der Waals surface area (Å²) in [6.45, 7) is 5.99. The molecule has 0 saturated heterocycles. The number of nitrogens with zero attached hydrogens (tertiary/aromatic N) is 2. The zero-order chi connectivity index (χ0) is 15.4. The highest BCUT2D eigenvalue weighted by Crippen LogP contribution is 2.22. The van der Waals surface area contributed by atoms with Gasteiger partial charge in [0.2, 0.25) is 0 Å². The molecule has 0 spiro atoms. The summed E-state index contributed by atoms with van der Waals surface area (Å²) in [6, 6.07) is 7.36. The van der Waals surface area contributed by atoms with Crippen LogP contribution >= 0.6 is 11.8 Å². The van der Waals surface area contributed by atoms with Gasteiger partial charge in [0.15, 0.2) is 5.16 Å². The highest BCUT2D eigenvalue weighted by Gasteiger charge is 2.07. The molecule has 0 aliphatic heterocycles. The number of aromatic nitrogens is 2. The molecule has 2 rings (SSSR count). The third-order valence-corrected chi connectivity index (χ3v) is 4.22. The highest BCUT2D eigenvalue weighted by atomic mass is 32.2. The van der Waals surface area contributed by atoms with Crippen molar-refractivity contribution in [1.29, 1.82) is 0 Å². The van der Waals surface area contributed by atoms with Gasteiger partial charge in [0.1, 0.15) is 0 Å². The van der Waals surface area contributed by atoms with E-state index in [0.29, 0.717) is 11.3 Å². The van der Waals surface area contributed by atoms with E-state index >= 15 is 0 Å². The largest absolute Gasteiger partial charge is 0.290 e. The zero-order valence-electron chi connectivity index (χ0n) is 12.3. The average Bonchev–Trinajstić information content (AvgIpc) is 2.50. The fourth-order valence-corrected chi connectivity index (χ4v) is 2.72. The Morgan fingerprint density at radius 1 is 1.24 bits per heavy atom. The minimum absolute atomic E-state index is 0.292. The quantitative estimate of drug-likeness (QED) is 0.298. The van der Waals surface area contributed by atoms with Gasteiger partial charge in [-0.25, -0.2) is 15.8 Å². The van der Waals surface area contributed by atoms with Gasteiger partial charge >= 0.3 is 0 Å². The smallest absolute Gasteiger partial charge is 0.265 e. The van der Waals surface area contributed by atoms with Gasteiger partial charge in [-0.05, 0) is 44.0 Å². The number of hydrogen-bond donors (Lipinski definition) is 2. The van der Waals surface area contributed by atoms with Crippen molar-refractivity contribution in [2.24, 2.45) is 5.84 Å². The number of hydrazine groups is 1. The van der Waals surface area contributed by atoms with Gasteiger partial charge in [-0.2, -0.15) is 0 Å². The van der Waals surface area contributed by atoms with E-state index in [-0.39, 0.29) is 5.91 Å². The second kappa shape index (κ2) is 6.69. The third kappa shape index (κ3) is 3.80. The van der Waals surface area contributed by atoms with Crippen molar-refractivity contribution in [2.45, 2.75) is 31.7 Å². The SMILES string of the molecule is Cc1nc(SCc2cccc(C(=O)NN)c2)nc(C)c1C. The van der Waals surface area contributed by atoms with Gasteiger partial charge in [-0.3, -0.25) is 10.2 Å². The molecular weight excluding hydrogens is 284 g/mol. The number of nitrogens with two attached hydrogens (primary N) is 1. The number of carbonyl (C=O) groups is 1. The Hall–Kier alpha value is -1.92. The lowest BCUT2D eigenvalue weighted by atomic mass is 10.1. The molecule has 1 heterocycles. The molecule has 0 bridgehead atoms. The van der Waals surface area contributed by atoms with Crippen LogP contribution in [0.2, 0.25) is 0 Å². The molecule has 6 heteroatoms. The molecule has 0 saturated carbocycles. The predicted octanol–water partition coefficient (Wildman–Crippen LogP) is 2.30. The minimum Gasteiger partial charge on any atom is -0.290 e. The lowest BCUT2D eigenvalue weighted by Crippen LogP contribution is -2.29. The summed E-state index contributed by atoms with van der Waals surface area (Å²) in [4.78, 5) is 20.4. The van der Waals surface area contributed by atoms with Gasteiger partial charge in [0.05, 0.1) is 0 Å². The van der Waals surface area contributed by atoms with E-state index in [9.17, 15) is 4.79 Å². The van der Waals surface area contributed by atoms with Crippen LogP contribution < -0.4 is 11.3 Å². The van der Waals surface area contributed by atoms with Crippen LogP contribution in [0.25, 0.3) is 0 Å². The maximum absolute atomic E-state index is 11.5. The van der Waals surface area contributed by atoms with Crippen molar-refractivity contribution in [3.8, 4) is 0 Å². The summed E-state index contributed by atoms with van der Waals surface area (Å²) in [5, 5.41) is 0.754. The van der Waals surface area contributed by atoms with Gasteiger partial charge in [0.25, 0.3) is 5.91 Å². The molecule has 0 fully saturated rings. The van der Waals surface area contributed by atoms with Crippen molar-refractivity contribution < 1.29 is 4.79 Å². The van der Waals surface area contributed by atoms with Crippen LogP contribution in [-0.2, 0) is 5.75 Å². The molecule has 5 nitrogen and oxygen atoms in total. The van der Waals surface area contributed by atoms with E-state index in [1.807, 2.05) is 39.0 Å². The molecule has 0 aliphatic rings. The number of nitrogen functional groups attached to an aromatic ring is 1. The maximum Gasteiger partial charge on any atom is 0.265 e. The van der Waals surface area contributed by atoms with Crippen LogP contribution in [0.1, 0.15) is 32.9 Å². The fraction of sp³-hybridized carbons (Fsp3) is 0.267. The second-order valence-corrected chi connectivity index (χ2v) is 5.71. The van der Waals surface area contributed by atoms with Crippen LogP contribution in [0.4, 0.5) is 0 Å². The van der Waals surface area contributed by atoms with E-state index in [2.05, 4.69) is 15.4 Å². The van der Waals surface area contributed by atoms with E-state index in [4.69, 9.17) is 5.84 Å². The van der Waals surface area contributed by atoms with Crippen molar-refractivity contribution >= 4 is 17.7 Å². The zero-order valence-corrected chi connectivity index (χ0v) is 13.1. The van der Waals surface area contributed by atoms with Gasteiger partial charge < -0.3 is 0 Å². The van der Waals surface area contributed by atoms with Crippen molar-refractivity contribution in [3.05, 3.63) is 52.3 Å². The minimum atomic E-state index is -0.292. The number of benzene rings is 1. The van der Waals surface area contributed by atoms with Crippen LogP contribution in [0, 0.1) is 20.8 Å². The molecule has 0 atom stereocenters. The molecular formula is C15H18N4OS. The van der Waals surface area contributed by atoms with Gasteiger partial charge in [0, 0.05) is 22.7 Å². The Morgan fingerprint density at radius 2 is 1.90 bits per heavy atom. The molecule has 1 aromatic heterocycles. The van der Waals surface area contributed by atoms with Crippen molar-refractivity contribution in [3.63, 3.8) is 0 Å². The summed E-state index contributed by atoms with van der Waals surface area (Å²) in [7, 11) is 0. The first kappa shape index (κ1) is 15.5. The Labute approximate surface area is 128 Å². The molecule has 21 heavy (non-hydrogen) atoms. The summed E-state index contributed by atoms with van der Waals surface area (Å²) in [6.07, 6.45) is 0. The number of amides is 1. The molecule has 2 aromatic rings. The predicted molar refractivity (Wildman–Crippen MR) is 83.9 cm³/mol. The number of carbonyl (C=O) groups excluding carboxylic acids is 1. The molecule has 0 radical (unpaired) electrons. The lowest BCUT2D eigenvalue weighted by molar-refractivity contribution is 0.0953. The molecule has 110 valence electrons. The first-order valence-electron chi connectivity index (χ1n) is 6.55. The van der Waals surface area contributed by atoms with E-state index in [1.165, 1.54) is 0 Å². The van der Waals surface area contributed by atoms with E-state index < -0.39 is 0 Å². The first-order chi connectivity index (χ1) is 10.0. The van der Waals surface area contributed by atoms with Crippen molar-refractivity contribution in [1.82, 2.24) is 15.4 Å². The summed E-state index contributed by atoms with van der Waals surface area (Å²) < 4.78 is 0. The van der Waals surface area contributed by atoms with Crippen LogP contribution in [0.3, 0.4) is 0 Å². The number of aryl methyl sites for hydroxylation is 2. The van der Waals surface area contributed by atoms with Gasteiger partial charge in [-0.1, -0.05) is 23.9 Å². The van der Waals surface area contributed by atoms with E-state index in [0.717, 1.165) is 27.7 Å². The Balaban J connectivity index is 2.11. The molecule has 0 unspecified atom stereocenters. The third-order valence-electron chi connectivity index (χ3n) is 3.30. The summed E-state index contributed by atoms with van der Waals surface area (Å²) in [5.41, 5.74) is 6.84. The normalized spacial score (nSPS) is 10.5. The lowest BCUT2D eigenvalue weighted by Gasteiger charge is -2.07. The molecule has 3 N–H and O–H groups in total. The molecule has 0 aliphatic carbocycles. The van der Waals surface area contributed by atoms with Crippen molar-refractivity contribution in [2.75, 3.05) is 0 Å². The van der Waals surface area contributed by atoms with Crippen LogP contribution in [0.15, 0.2) is 29.4 Å². The number of hydrogen-bond acceptors (Lipinski definition) is 5. The molecule has 1 aromatic carbocycles. The summed E-state index contributed by atoms with van der Waals surface area (Å²) >= 11 is 1.55. The van der Waals surface area contributed by atoms with Crippen LogP contribution in [0.5, 0.6) is 0 Å². The Morgan fingerprint density at radius 3 is 2.52 bits per heavy atom. The monoisotopic (exact) mass is 302 g/mol. The summed E-state index contributed by atoms with van der Waals surface area (Å²) in [5.74, 6) is 5.55. The molecule has 1 amide bonds. The standard InChI is InChI=1S/C15H18N4OS/c1-9-10(2)17-15(18-11(9)3)21-8-12-5-4-6-13(7-12)14(20)19-16/h4-7H,8,16H2,1-3H3,(H,19,20). The number of thioether (sulfide) groups is 1. The Kier molecular flexibility index (Phi) is 4.93. The Bertz CT molecular complexity index is 649. The second-order valence-electron chi connectivity index (χ2n) is 4.76. The topological polar surface area (TPSA) is 80.9 Å². The fourth-order valence-electron chi connectivity index (χ4n) is 1.84.